The average Bonchev–Trinajstić information content (AvgIpc) is 3.42. The van der Waals surface area contributed by atoms with Crippen molar-refractivity contribution in [3.8, 4) is 0 Å². The Morgan fingerprint density at radius 1 is 1.21 bits per heavy atom. The van der Waals surface area contributed by atoms with Crippen molar-refractivity contribution in [2.45, 2.75) is 51.2 Å². The number of carbonyl (C=O) groups is 1. The Balaban J connectivity index is 1.48. The van der Waals surface area contributed by atoms with Crippen LogP contribution < -0.4 is 5.32 Å². The number of pyridine rings is 1. The lowest BCUT2D eigenvalue weighted by Gasteiger charge is -2.27. The van der Waals surface area contributed by atoms with E-state index in [1.165, 1.54) is 0 Å². The first-order valence-electron chi connectivity index (χ1n) is 11.4. The monoisotopic (exact) mass is 447 g/mol. The Kier molecular flexibility index (Phi) is 5.42. The number of aliphatic hydroxyl groups excluding tert-OH is 1. The maximum atomic E-state index is 13.1. The molecule has 0 unspecified atom stereocenters. The van der Waals surface area contributed by atoms with Gasteiger partial charge in [-0.15, -0.1) is 0 Å². The lowest BCUT2D eigenvalue weighted by atomic mass is 9.87. The summed E-state index contributed by atoms with van der Waals surface area (Å²) < 4.78 is 3.66. The predicted molar refractivity (Wildman–Crippen MR) is 126 cm³/mol. The van der Waals surface area contributed by atoms with Crippen molar-refractivity contribution in [2.75, 3.05) is 11.9 Å². The van der Waals surface area contributed by atoms with Crippen LogP contribution in [0.2, 0.25) is 0 Å². The van der Waals surface area contributed by atoms with Gasteiger partial charge in [-0.3, -0.25) is 9.48 Å². The highest BCUT2D eigenvalue weighted by atomic mass is 16.3. The number of hydrogen-bond donors (Lipinski definition) is 3. The van der Waals surface area contributed by atoms with Crippen LogP contribution in [0.4, 0.5) is 5.69 Å². The number of hydrogen-bond acceptors (Lipinski definition) is 5. The van der Waals surface area contributed by atoms with Crippen LogP contribution >= 0.6 is 0 Å². The molecule has 8 nitrogen and oxygen atoms in total. The SMILES string of the molecule is CC(C)(O)c1cc2nn([C@H]3CC[C@H](CO)CC3)cc2cc1NC(=O)c1cnn2ccccc12. The second-order valence-corrected chi connectivity index (χ2v) is 9.52. The molecule has 3 N–H and O–H groups in total. The number of fused-ring (bicyclic) bond motifs is 2. The zero-order valence-corrected chi connectivity index (χ0v) is 18.9. The second kappa shape index (κ2) is 8.28. The minimum Gasteiger partial charge on any atom is -0.396 e. The van der Waals surface area contributed by atoms with Crippen LogP contribution in [-0.4, -0.2) is 42.1 Å². The zero-order valence-electron chi connectivity index (χ0n) is 18.9. The largest absolute Gasteiger partial charge is 0.396 e. The van der Waals surface area contributed by atoms with Gasteiger partial charge in [0, 0.05) is 35.6 Å². The molecule has 0 aliphatic heterocycles. The molecule has 0 spiro atoms. The van der Waals surface area contributed by atoms with Crippen LogP contribution in [-0.2, 0) is 5.60 Å². The first kappa shape index (κ1) is 21.6. The number of nitrogens with one attached hydrogen (secondary N) is 1. The average molecular weight is 448 g/mol. The van der Waals surface area contributed by atoms with Crippen molar-refractivity contribution >= 4 is 28.0 Å². The fourth-order valence-electron chi connectivity index (χ4n) is 4.78. The second-order valence-electron chi connectivity index (χ2n) is 9.52. The summed E-state index contributed by atoms with van der Waals surface area (Å²) in [5.74, 6) is 0.102. The van der Waals surface area contributed by atoms with Crippen molar-refractivity contribution < 1.29 is 15.0 Å². The molecule has 3 heterocycles. The van der Waals surface area contributed by atoms with Gasteiger partial charge >= 0.3 is 0 Å². The van der Waals surface area contributed by atoms with Gasteiger partial charge in [-0.2, -0.15) is 10.2 Å². The molecule has 1 amide bonds. The summed E-state index contributed by atoms with van der Waals surface area (Å²) in [6.45, 7) is 3.65. The standard InChI is InChI=1S/C25H29N5O3/c1-25(2,33)20-12-21-17(14-30(28-21)18-8-6-16(15-31)7-9-18)11-22(20)27-24(32)19-13-26-29-10-4-3-5-23(19)29/h3-5,10-14,16,18,31,33H,6-9,15H2,1-2H3,(H,27,32)/t16-,18-. The van der Waals surface area contributed by atoms with Crippen molar-refractivity contribution in [1.82, 2.24) is 19.4 Å². The first-order chi connectivity index (χ1) is 15.8. The Morgan fingerprint density at radius 3 is 2.73 bits per heavy atom. The van der Waals surface area contributed by atoms with Crippen LogP contribution in [0.25, 0.3) is 16.4 Å². The van der Waals surface area contributed by atoms with Gasteiger partial charge in [0.25, 0.3) is 5.91 Å². The minimum atomic E-state index is -1.17. The van der Waals surface area contributed by atoms with Gasteiger partial charge in [-0.05, 0) is 69.7 Å². The van der Waals surface area contributed by atoms with E-state index in [9.17, 15) is 15.0 Å². The maximum Gasteiger partial charge on any atom is 0.259 e. The van der Waals surface area contributed by atoms with Crippen LogP contribution in [0.3, 0.4) is 0 Å². The summed E-state index contributed by atoms with van der Waals surface area (Å²) in [6.07, 6.45) is 9.31. The van der Waals surface area contributed by atoms with E-state index >= 15 is 0 Å². The quantitative estimate of drug-likeness (QED) is 0.431. The molecule has 5 rings (SSSR count). The number of benzene rings is 1. The minimum absolute atomic E-state index is 0.249. The number of amides is 1. The highest BCUT2D eigenvalue weighted by molar-refractivity contribution is 6.09. The van der Waals surface area contributed by atoms with E-state index in [1.807, 2.05) is 41.2 Å². The molecular formula is C25H29N5O3. The van der Waals surface area contributed by atoms with Gasteiger partial charge in [0.1, 0.15) is 0 Å². The number of aliphatic hydroxyl groups is 2. The molecule has 33 heavy (non-hydrogen) atoms. The fraction of sp³-hybridized carbons (Fsp3) is 0.400. The van der Waals surface area contributed by atoms with E-state index in [2.05, 4.69) is 10.4 Å². The molecule has 0 saturated heterocycles. The van der Waals surface area contributed by atoms with Gasteiger partial charge in [0.05, 0.1) is 34.4 Å². The summed E-state index contributed by atoms with van der Waals surface area (Å²) in [5, 5.41) is 33.2. The smallest absolute Gasteiger partial charge is 0.259 e. The molecule has 3 aromatic heterocycles. The third-order valence-electron chi connectivity index (χ3n) is 6.69. The lowest BCUT2D eigenvalue weighted by molar-refractivity contribution is 0.0794. The van der Waals surface area contributed by atoms with Crippen LogP contribution in [0.1, 0.15) is 61.5 Å². The van der Waals surface area contributed by atoms with Crippen molar-refractivity contribution in [1.29, 1.82) is 0 Å². The number of aromatic nitrogens is 4. The Morgan fingerprint density at radius 2 is 2.00 bits per heavy atom. The Labute approximate surface area is 191 Å². The molecule has 0 atom stereocenters. The number of nitrogens with zero attached hydrogens (tertiary/aromatic N) is 4. The molecule has 0 radical (unpaired) electrons. The first-order valence-corrected chi connectivity index (χ1v) is 11.4. The predicted octanol–water partition coefficient (Wildman–Crippen LogP) is 3.89. The molecule has 172 valence electrons. The molecule has 1 aliphatic carbocycles. The third kappa shape index (κ3) is 4.12. The number of rotatable bonds is 5. The van der Waals surface area contributed by atoms with E-state index in [0.717, 1.165) is 36.6 Å². The molecule has 1 aromatic carbocycles. The van der Waals surface area contributed by atoms with Crippen molar-refractivity contribution in [3.05, 3.63) is 60.0 Å². The summed E-state index contributed by atoms with van der Waals surface area (Å²) in [5.41, 5.74) is 1.96. The molecule has 4 aromatic rings. The Hall–Kier alpha value is -3.23. The fourth-order valence-corrected chi connectivity index (χ4v) is 4.78. The summed E-state index contributed by atoms with van der Waals surface area (Å²) in [6, 6.07) is 9.60. The summed E-state index contributed by atoms with van der Waals surface area (Å²) in [7, 11) is 0. The van der Waals surface area contributed by atoms with E-state index in [0.29, 0.717) is 34.3 Å². The van der Waals surface area contributed by atoms with Crippen molar-refractivity contribution in [3.63, 3.8) is 0 Å². The summed E-state index contributed by atoms with van der Waals surface area (Å²) in [4.78, 5) is 13.1. The van der Waals surface area contributed by atoms with E-state index in [4.69, 9.17) is 5.10 Å². The van der Waals surface area contributed by atoms with E-state index in [-0.39, 0.29) is 12.5 Å². The number of anilines is 1. The molecule has 8 heteroatoms. The van der Waals surface area contributed by atoms with Gasteiger partial charge in [0.15, 0.2) is 0 Å². The van der Waals surface area contributed by atoms with Gasteiger partial charge in [-0.25, -0.2) is 4.52 Å². The van der Waals surface area contributed by atoms with Crippen LogP contribution in [0.15, 0.2) is 48.9 Å². The summed E-state index contributed by atoms with van der Waals surface area (Å²) >= 11 is 0. The number of carbonyl (C=O) groups excluding carboxylic acids is 1. The molecule has 0 bridgehead atoms. The van der Waals surface area contributed by atoms with Gasteiger partial charge < -0.3 is 15.5 Å². The molecular weight excluding hydrogens is 418 g/mol. The maximum absolute atomic E-state index is 13.1. The highest BCUT2D eigenvalue weighted by Crippen LogP contribution is 2.35. The zero-order chi connectivity index (χ0) is 23.2. The molecule has 1 fully saturated rings. The molecule has 1 aliphatic rings. The molecule has 1 saturated carbocycles. The van der Waals surface area contributed by atoms with E-state index < -0.39 is 5.60 Å². The van der Waals surface area contributed by atoms with Crippen LogP contribution in [0, 0.1) is 5.92 Å². The third-order valence-corrected chi connectivity index (χ3v) is 6.69. The van der Waals surface area contributed by atoms with Gasteiger partial charge in [0.2, 0.25) is 0 Å². The van der Waals surface area contributed by atoms with Crippen molar-refractivity contribution in [2.24, 2.45) is 5.92 Å². The van der Waals surface area contributed by atoms with Gasteiger partial charge in [-0.1, -0.05) is 6.07 Å². The normalized spacial score (nSPS) is 19.3. The topological polar surface area (TPSA) is 105 Å². The Bertz CT molecular complexity index is 1310. The van der Waals surface area contributed by atoms with E-state index in [1.54, 1.807) is 30.8 Å². The lowest BCUT2D eigenvalue weighted by Crippen LogP contribution is -2.21. The van der Waals surface area contributed by atoms with Crippen LogP contribution in [0.5, 0.6) is 0 Å². The highest BCUT2D eigenvalue weighted by Gasteiger charge is 2.26.